The van der Waals surface area contributed by atoms with Crippen molar-refractivity contribution in [1.29, 1.82) is 0 Å². The van der Waals surface area contributed by atoms with Gasteiger partial charge in [0, 0.05) is 32.3 Å². The van der Waals surface area contributed by atoms with Crippen LogP contribution in [0.4, 0.5) is 18.9 Å². The summed E-state index contributed by atoms with van der Waals surface area (Å²) in [7, 11) is 3.15. The van der Waals surface area contributed by atoms with E-state index in [2.05, 4.69) is 10.4 Å². The van der Waals surface area contributed by atoms with Crippen molar-refractivity contribution < 1.29 is 22.8 Å². The van der Waals surface area contributed by atoms with E-state index in [0.29, 0.717) is 11.8 Å². The third-order valence-corrected chi connectivity index (χ3v) is 4.54. The van der Waals surface area contributed by atoms with E-state index in [9.17, 15) is 22.8 Å². The number of aryl methyl sites for hydroxylation is 1. The Hall–Kier alpha value is -2.55. The van der Waals surface area contributed by atoms with Crippen molar-refractivity contribution in [3.63, 3.8) is 0 Å². The molecule has 6 nitrogen and oxygen atoms in total. The molecule has 2 atom stereocenters. The number of benzene rings is 1. The number of likely N-dealkylation sites (N-methyl/N-ethyl adjacent to an activating group) is 1. The molecule has 0 spiro atoms. The Bertz CT molecular complexity index is 902. The summed E-state index contributed by atoms with van der Waals surface area (Å²) in [6.07, 6.45) is 0. The van der Waals surface area contributed by atoms with E-state index in [0.717, 1.165) is 6.07 Å². The van der Waals surface area contributed by atoms with Crippen molar-refractivity contribution in [2.24, 2.45) is 13.0 Å². The monoisotopic (exact) mass is 386 g/mol. The Balaban J connectivity index is 1.92. The van der Waals surface area contributed by atoms with Crippen LogP contribution in [0.2, 0.25) is 5.15 Å². The molecule has 1 saturated heterocycles. The normalized spacial score (nSPS) is 19.9. The highest BCUT2D eigenvalue weighted by Gasteiger charge is 2.45. The Morgan fingerprint density at radius 1 is 1.27 bits per heavy atom. The van der Waals surface area contributed by atoms with Gasteiger partial charge in [0.25, 0.3) is 0 Å². The maximum atomic E-state index is 13.8. The zero-order chi connectivity index (χ0) is 19.2. The van der Waals surface area contributed by atoms with Gasteiger partial charge in [0.15, 0.2) is 22.6 Å². The lowest BCUT2D eigenvalue weighted by atomic mass is 9.91. The lowest BCUT2D eigenvalue weighted by Crippen LogP contribution is -2.33. The van der Waals surface area contributed by atoms with Crippen molar-refractivity contribution in [3.8, 4) is 0 Å². The molecule has 2 heterocycles. The van der Waals surface area contributed by atoms with Gasteiger partial charge in [0.2, 0.25) is 11.8 Å². The van der Waals surface area contributed by atoms with E-state index >= 15 is 0 Å². The maximum Gasteiger partial charge on any atom is 0.237 e. The van der Waals surface area contributed by atoms with Gasteiger partial charge in [0.05, 0.1) is 5.69 Å². The summed E-state index contributed by atoms with van der Waals surface area (Å²) in [4.78, 5) is 26.4. The predicted molar refractivity (Wildman–Crippen MR) is 87.0 cm³/mol. The fraction of sp³-hybridized carbons (Fsp3) is 0.312. The largest absolute Gasteiger partial charge is 0.344 e. The molecule has 1 aromatic heterocycles. The predicted octanol–water partition coefficient (Wildman–Crippen LogP) is 2.30. The zero-order valence-corrected chi connectivity index (χ0v) is 14.5. The van der Waals surface area contributed by atoms with Gasteiger partial charge in [-0.2, -0.15) is 5.10 Å². The molecule has 2 aromatic rings. The molecule has 0 aliphatic carbocycles. The first kappa shape index (κ1) is 18.2. The van der Waals surface area contributed by atoms with Crippen molar-refractivity contribution in [2.75, 3.05) is 18.9 Å². The van der Waals surface area contributed by atoms with E-state index in [1.54, 1.807) is 7.05 Å². The van der Waals surface area contributed by atoms with E-state index in [4.69, 9.17) is 11.6 Å². The molecule has 0 bridgehead atoms. The van der Waals surface area contributed by atoms with Crippen LogP contribution in [0.5, 0.6) is 0 Å². The van der Waals surface area contributed by atoms with Gasteiger partial charge >= 0.3 is 0 Å². The number of anilines is 1. The lowest BCUT2D eigenvalue weighted by molar-refractivity contribution is -0.135. The highest BCUT2D eigenvalue weighted by molar-refractivity contribution is 6.29. The first-order valence-corrected chi connectivity index (χ1v) is 7.97. The van der Waals surface area contributed by atoms with Gasteiger partial charge in [-0.25, -0.2) is 13.2 Å². The summed E-state index contributed by atoms with van der Waals surface area (Å²) in [6, 6.07) is 3.12. The van der Waals surface area contributed by atoms with Gasteiger partial charge in [-0.15, -0.1) is 0 Å². The van der Waals surface area contributed by atoms with Gasteiger partial charge in [0.1, 0.15) is 5.92 Å². The van der Waals surface area contributed by atoms with Crippen LogP contribution in [0.3, 0.4) is 0 Å². The van der Waals surface area contributed by atoms with Crippen LogP contribution in [0, 0.1) is 23.4 Å². The summed E-state index contributed by atoms with van der Waals surface area (Å²) in [6.45, 7) is 0.229. The van der Waals surface area contributed by atoms with Gasteiger partial charge < -0.3 is 10.2 Å². The van der Waals surface area contributed by atoms with Crippen LogP contribution < -0.4 is 5.32 Å². The summed E-state index contributed by atoms with van der Waals surface area (Å²) in [5, 5.41) is 6.36. The molecule has 3 rings (SSSR count). The Labute approximate surface area is 151 Å². The smallest absolute Gasteiger partial charge is 0.237 e. The number of aromatic nitrogens is 2. The molecule has 1 aliphatic rings. The Morgan fingerprint density at radius 3 is 2.58 bits per heavy atom. The minimum atomic E-state index is -1.70. The molecular weight excluding hydrogens is 373 g/mol. The summed E-state index contributed by atoms with van der Waals surface area (Å²) < 4.78 is 41.7. The third kappa shape index (κ3) is 3.03. The zero-order valence-electron chi connectivity index (χ0n) is 13.8. The van der Waals surface area contributed by atoms with Crippen LogP contribution in [0.1, 0.15) is 11.6 Å². The van der Waals surface area contributed by atoms with Crippen molar-refractivity contribution in [1.82, 2.24) is 14.7 Å². The van der Waals surface area contributed by atoms with Crippen LogP contribution in [0.15, 0.2) is 18.2 Å². The SMILES string of the molecule is CN1C[C@H](c2cc(Cl)nn2C)[C@@H](C(=O)Nc2ccc(F)c(F)c2F)C1=O. The average molecular weight is 387 g/mol. The number of hydrogen-bond donors (Lipinski definition) is 1. The second kappa shape index (κ2) is 6.64. The number of rotatable bonds is 3. The van der Waals surface area contributed by atoms with Gasteiger partial charge in [-0.3, -0.25) is 14.3 Å². The number of carbonyl (C=O) groups is 2. The minimum absolute atomic E-state index is 0.204. The van der Waals surface area contributed by atoms with Crippen LogP contribution in [-0.2, 0) is 16.6 Å². The first-order valence-electron chi connectivity index (χ1n) is 7.59. The number of carbonyl (C=O) groups excluding carboxylic acids is 2. The number of halogens is 4. The first-order chi connectivity index (χ1) is 12.2. The third-order valence-electron chi connectivity index (χ3n) is 4.36. The fourth-order valence-corrected chi connectivity index (χ4v) is 3.31. The van der Waals surface area contributed by atoms with Crippen molar-refractivity contribution in [2.45, 2.75) is 5.92 Å². The summed E-state index contributed by atoms with van der Waals surface area (Å²) >= 11 is 5.87. The molecule has 0 radical (unpaired) electrons. The van der Waals surface area contributed by atoms with Crippen LogP contribution in [0.25, 0.3) is 0 Å². The summed E-state index contributed by atoms with van der Waals surface area (Å²) in [5.41, 5.74) is 0.0108. The average Bonchev–Trinajstić information content (AvgIpc) is 3.07. The van der Waals surface area contributed by atoms with Gasteiger partial charge in [-0.05, 0) is 18.2 Å². The van der Waals surface area contributed by atoms with Crippen molar-refractivity contribution in [3.05, 3.63) is 46.5 Å². The highest BCUT2D eigenvalue weighted by Crippen LogP contribution is 2.35. The number of likely N-dealkylation sites (tertiary alicyclic amines) is 1. The quantitative estimate of drug-likeness (QED) is 0.650. The molecule has 26 heavy (non-hydrogen) atoms. The number of amides is 2. The van der Waals surface area contributed by atoms with E-state index in [1.807, 2.05) is 0 Å². The van der Waals surface area contributed by atoms with Gasteiger partial charge in [-0.1, -0.05) is 11.6 Å². The minimum Gasteiger partial charge on any atom is -0.344 e. The second-order valence-electron chi connectivity index (χ2n) is 6.03. The number of nitrogens with zero attached hydrogens (tertiary/aromatic N) is 3. The molecule has 0 saturated carbocycles. The molecule has 2 amide bonds. The summed E-state index contributed by atoms with van der Waals surface area (Å²) in [5.74, 6) is -7.67. The maximum absolute atomic E-state index is 13.8. The van der Waals surface area contributed by atoms with E-state index < -0.39 is 46.8 Å². The Morgan fingerprint density at radius 2 is 1.96 bits per heavy atom. The number of nitrogens with one attached hydrogen (secondary N) is 1. The van der Waals surface area contributed by atoms with Crippen LogP contribution >= 0.6 is 11.6 Å². The topological polar surface area (TPSA) is 67.2 Å². The Kier molecular flexibility index (Phi) is 4.66. The lowest BCUT2D eigenvalue weighted by Gasteiger charge is -2.17. The highest BCUT2D eigenvalue weighted by atomic mass is 35.5. The number of hydrogen-bond acceptors (Lipinski definition) is 3. The molecule has 138 valence electrons. The van der Waals surface area contributed by atoms with E-state index in [1.165, 1.54) is 22.7 Å². The fourth-order valence-electron chi connectivity index (χ4n) is 3.08. The van der Waals surface area contributed by atoms with Crippen molar-refractivity contribution >= 4 is 29.1 Å². The van der Waals surface area contributed by atoms with Crippen LogP contribution in [-0.4, -0.2) is 40.1 Å². The molecule has 1 fully saturated rings. The molecule has 1 N–H and O–H groups in total. The molecular formula is C16H14ClF3N4O2. The second-order valence-corrected chi connectivity index (χ2v) is 6.42. The molecule has 1 aromatic carbocycles. The molecule has 10 heteroatoms. The molecule has 1 aliphatic heterocycles. The standard InChI is InChI=1S/C16H14ClF3N4O2/c1-23-6-7(10-5-11(17)22-24(10)2)12(16(23)26)15(25)21-9-4-3-8(18)13(19)14(9)20/h3-5,7,12H,6H2,1-2H3,(H,21,25)/t7-,12+/m1/s1. The molecule has 0 unspecified atom stereocenters. The van der Waals surface area contributed by atoms with E-state index in [-0.39, 0.29) is 11.7 Å².